The van der Waals surface area contributed by atoms with Gasteiger partial charge in [0.05, 0.1) is 18.8 Å². The van der Waals surface area contributed by atoms with E-state index < -0.39 is 46.4 Å². The number of halogens is 3. The summed E-state index contributed by atoms with van der Waals surface area (Å²) in [5.74, 6) is -1.38. The standard InChI is InChI=1S/C21H29F3N2O5S/c1-13-9-18(25-32(29,30)12-20(23)24)19(26(13)21(27)28)11-31-17-7-5-14(6-8-17)15-3-2-4-16(22)10-15/h2-4,10,13-14,17-20,25H,5-9,11-12H2,1H3,(H,27,28)/t13-,14?,17?,18+,19+/m1/s1. The molecule has 0 aromatic heterocycles. The molecule has 3 rings (SSSR count). The fourth-order valence-electron chi connectivity index (χ4n) is 4.82. The molecule has 1 saturated carbocycles. The summed E-state index contributed by atoms with van der Waals surface area (Å²) >= 11 is 0. The minimum atomic E-state index is -4.26. The van der Waals surface area contributed by atoms with E-state index in [9.17, 15) is 31.5 Å². The number of nitrogens with one attached hydrogen (secondary N) is 1. The number of hydrogen-bond acceptors (Lipinski definition) is 4. The maximum Gasteiger partial charge on any atom is 0.407 e. The molecule has 1 amide bonds. The summed E-state index contributed by atoms with van der Waals surface area (Å²) in [6.45, 7) is 1.61. The lowest BCUT2D eigenvalue weighted by atomic mass is 9.82. The molecule has 1 heterocycles. The Kier molecular flexibility index (Phi) is 8.05. The summed E-state index contributed by atoms with van der Waals surface area (Å²) in [6, 6.07) is 4.39. The highest BCUT2D eigenvalue weighted by molar-refractivity contribution is 7.89. The van der Waals surface area contributed by atoms with Crippen LogP contribution < -0.4 is 4.72 Å². The van der Waals surface area contributed by atoms with Gasteiger partial charge in [-0.3, -0.25) is 4.90 Å². The van der Waals surface area contributed by atoms with Gasteiger partial charge in [-0.25, -0.2) is 31.1 Å². The van der Waals surface area contributed by atoms with Gasteiger partial charge in [0, 0.05) is 12.1 Å². The maximum atomic E-state index is 13.5. The number of carboxylic acid groups (broad SMARTS) is 1. The smallest absolute Gasteiger partial charge is 0.407 e. The number of benzene rings is 1. The van der Waals surface area contributed by atoms with Crippen LogP contribution >= 0.6 is 0 Å². The zero-order chi connectivity index (χ0) is 23.5. The molecule has 7 nitrogen and oxygen atoms in total. The average Bonchev–Trinajstić information content (AvgIpc) is 2.99. The monoisotopic (exact) mass is 478 g/mol. The SMILES string of the molecule is C[C@@H]1C[C@H](NS(=O)(=O)CC(F)F)[C@H](COC2CCC(c3cccc(F)c3)CC2)N1C(=O)O. The fraction of sp³-hybridized carbons (Fsp3) is 0.667. The molecule has 1 aromatic rings. The fourth-order valence-corrected chi connectivity index (χ4v) is 5.96. The topological polar surface area (TPSA) is 95.9 Å². The van der Waals surface area contributed by atoms with Gasteiger partial charge in [0.2, 0.25) is 10.0 Å². The molecule has 0 radical (unpaired) electrons. The van der Waals surface area contributed by atoms with E-state index in [1.165, 1.54) is 12.1 Å². The zero-order valence-corrected chi connectivity index (χ0v) is 18.6. The number of hydrogen-bond donors (Lipinski definition) is 2. The van der Waals surface area contributed by atoms with Gasteiger partial charge in [-0.1, -0.05) is 12.1 Å². The Labute approximate surface area is 186 Å². The van der Waals surface area contributed by atoms with Crippen LogP contribution in [0.1, 0.15) is 50.5 Å². The molecule has 1 aliphatic carbocycles. The number of sulfonamides is 1. The average molecular weight is 479 g/mol. The largest absolute Gasteiger partial charge is 0.465 e. The summed E-state index contributed by atoms with van der Waals surface area (Å²) in [5, 5.41) is 9.58. The maximum absolute atomic E-state index is 13.5. The molecule has 1 aromatic carbocycles. The normalized spacial score (nSPS) is 28.9. The van der Waals surface area contributed by atoms with Gasteiger partial charge < -0.3 is 9.84 Å². The number of carbonyl (C=O) groups is 1. The van der Waals surface area contributed by atoms with Crippen LogP contribution in [0.3, 0.4) is 0 Å². The Morgan fingerprint density at radius 2 is 1.97 bits per heavy atom. The van der Waals surface area contributed by atoms with Crippen LogP contribution in [-0.2, 0) is 14.8 Å². The lowest BCUT2D eigenvalue weighted by Gasteiger charge is -2.32. The molecule has 2 N–H and O–H groups in total. The van der Waals surface area contributed by atoms with E-state index in [0.29, 0.717) is 12.8 Å². The molecule has 3 atom stereocenters. The van der Waals surface area contributed by atoms with E-state index in [4.69, 9.17) is 4.74 Å². The molecule has 11 heteroatoms. The van der Waals surface area contributed by atoms with Crippen molar-refractivity contribution in [2.45, 2.75) is 75.6 Å². The predicted molar refractivity (Wildman–Crippen MR) is 112 cm³/mol. The Hall–Kier alpha value is -1.85. The second-order valence-electron chi connectivity index (χ2n) is 8.60. The number of alkyl halides is 2. The highest BCUT2D eigenvalue weighted by Crippen LogP contribution is 2.35. The van der Waals surface area contributed by atoms with Crippen molar-refractivity contribution >= 4 is 16.1 Å². The van der Waals surface area contributed by atoms with Crippen molar-refractivity contribution in [3.8, 4) is 0 Å². The summed E-state index contributed by atoms with van der Waals surface area (Å²) in [6.07, 6.45) is -1.19. The van der Waals surface area contributed by atoms with Gasteiger partial charge >= 0.3 is 6.09 Å². The number of ether oxygens (including phenoxy) is 1. The quantitative estimate of drug-likeness (QED) is 0.596. The van der Waals surface area contributed by atoms with Crippen LogP contribution in [0.15, 0.2) is 24.3 Å². The Balaban J connectivity index is 1.60. The van der Waals surface area contributed by atoms with E-state index in [1.54, 1.807) is 13.0 Å². The number of rotatable bonds is 8. The van der Waals surface area contributed by atoms with E-state index in [2.05, 4.69) is 4.72 Å². The highest BCUT2D eigenvalue weighted by atomic mass is 32.2. The van der Waals surface area contributed by atoms with E-state index in [0.717, 1.165) is 23.3 Å². The molecule has 2 aliphatic rings. The third kappa shape index (κ3) is 6.35. The number of likely N-dealkylation sites (tertiary alicyclic amines) is 1. The second-order valence-corrected chi connectivity index (χ2v) is 10.4. The van der Waals surface area contributed by atoms with Gasteiger partial charge in [0.15, 0.2) is 0 Å². The van der Waals surface area contributed by atoms with Gasteiger partial charge in [-0.2, -0.15) is 0 Å². The first-order valence-electron chi connectivity index (χ1n) is 10.7. The minimum Gasteiger partial charge on any atom is -0.465 e. The zero-order valence-electron chi connectivity index (χ0n) is 17.8. The molecule has 180 valence electrons. The van der Waals surface area contributed by atoms with Crippen molar-refractivity contribution in [3.63, 3.8) is 0 Å². The third-order valence-electron chi connectivity index (χ3n) is 6.29. The van der Waals surface area contributed by atoms with Crippen molar-refractivity contribution in [1.29, 1.82) is 0 Å². The van der Waals surface area contributed by atoms with Crippen LogP contribution in [-0.4, -0.2) is 67.5 Å². The van der Waals surface area contributed by atoms with E-state index in [-0.39, 0.29) is 30.9 Å². The van der Waals surface area contributed by atoms with E-state index in [1.807, 2.05) is 6.07 Å². The van der Waals surface area contributed by atoms with Crippen LogP contribution in [0.4, 0.5) is 18.0 Å². The molecule has 2 fully saturated rings. The summed E-state index contributed by atoms with van der Waals surface area (Å²) in [5.41, 5.74) is 0.943. The Morgan fingerprint density at radius 1 is 1.28 bits per heavy atom. The second kappa shape index (κ2) is 10.4. The third-order valence-corrected chi connectivity index (χ3v) is 7.64. The Morgan fingerprint density at radius 3 is 2.56 bits per heavy atom. The summed E-state index contributed by atoms with van der Waals surface area (Å²) < 4.78 is 70.9. The van der Waals surface area contributed by atoms with Gasteiger partial charge in [0.1, 0.15) is 11.6 Å². The first kappa shape index (κ1) is 24.8. The van der Waals surface area contributed by atoms with Crippen molar-refractivity contribution in [2.75, 3.05) is 12.4 Å². The lowest BCUT2D eigenvalue weighted by molar-refractivity contribution is -0.00704. The lowest BCUT2D eigenvalue weighted by Crippen LogP contribution is -2.50. The van der Waals surface area contributed by atoms with Crippen LogP contribution in [0, 0.1) is 5.82 Å². The van der Waals surface area contributed by atoms with E-state index >= 15 is 0 Å². The predicted octanol–water partition coefficient (Wildman–Crippen LogP) is 3.56. The van der Waals surface area contributed by atoms with Crippen LogP contribution in [0.5, 0.6) is 0 Å². The van der Waals surface area contributed by atoms with Crippen molar-refractivity contribution in [3.05, 3.63) is 35.6 Å². The summed E-state index contributed by atoms with van der Waals surface area (Å²) in [7, 11) is -4.26. The number of amides is 1. The van der Waals surface area contributed by atoms with Crippen LogP contribution in [0.25, 0.3) is 0 Å². The number of nitrogens with zero attached hydrogens (tertiary/aromatic N) is 1. The molecule has 0 unspecified atom stereocenters. The molecule has 0 spiro atoms. The minimum absolute atomic E-state index is 0.0339. The van der Waals surface area contributed by atoms with Gasteiger partial charge in [0.25, 0.3) is 6.43 Å². The van der Waals surface area contributed by atoms with Crippen molar-refractivity contribution < 1.29 is 36.2 Å². The first-order valence-corrected chi connectivity index (χ1v) is 12.4. The molecule has 32 heavy (non-hydrogen) atoms. The highest BCUT2D eigenvalue weighted by Gasteiger charge is 2.44. The molecule has 1 saturated heterocycles. The van der Waals surface area contributed by atoms with Crippen molar-refractivity contribution in [1.82, 2.24) is 9.62 Å². The molecular weight excluding hydrogens is 449 g/mol. The first-order chi connectivity index (χ1) is 15.1. The molecular formula is C21H29F3N2O5S. The van der Waals surface area contributed by atoms with Crippen molar-refractivity contribution in [2.24, 2.45) is 0 Å². The van der Waals surface area contributed by atoms with Gasteiger partial charge in [-0.05, 0) is 62.6 Å². The Bertz CT molecular complexity index is 893. The molecule has 0 bridgehead atoms. The molecule has 1 aliphatic heterocycles. The van der Waals surface area contributed by atoms with Crippen LogP contribution in [0.2, 0.25) is 0 Å². The van der Waals surface area contributed by atoms with Gasteiger partial charge in [-0.15, -0.1) is 0 Å². The summed E-state index contributed by atoms with van der Waals surface area (Å²) in [4.78, 5) is 12.9.